The SMILES string of the molecule is C[C@H](NC(=O)OC(C)(C)C)c1cc(Cl)cc(B(O)O)c1. The second kappa shape index (κ2) is 6.48. The molecule has 1 atom stereocenters. The summed E-state index contributed by atoms with van der Waals surface area (Å²) in [6, 6.07) is 4.30. The maximum atomic E-state index is 11.7. The van der Waals surface area contributed by atoms with Crippen LogP contribution in [0.4, 0.5) is 4.79 Å². The largest absolute Gasteiger partial charge is 0.488 e. The molecule has 0 unspecified atom stereocenters. The van der Waals surface area contributed by atoms with Gasteiger partial charge >= 0.3 is 13.2 Å². The van der Waals surface area contributed by atoms with E-state index < -0.39 is 18.8 Å². The van der Waals surface area contributed by atoms with Crippen molar-refractivity contribution in [3.63, 3.8) is 0 Å². The van der Waals surface area contributed by atoms with Gasteiger partial charge in [0.15, 0.2) is 0 Å². The molecule has 0 aliphatic rings. The Kier molecular flexibility index (Phi) is 5.45. The molecule has 5 nitrogen and oxygen atoms in total. The monoisotopic (exact) mass is 299 g/mol. The van der Waals surface area contributed by atoms with E-state index in [1.54, 1.807) is 39.8 Å². The van der Waals surface area contributed by atoms with E-state index in [1.807, 2.05) is 0 Å². The number of benzene rings is 1. The van der Waals surface area contributed by atoms with Crippen molar-refractivity contribution >= 4 is 30.3 Å². The molecule has 0 saturated heterocycles. The molecule has 0 bridgehead atoms. The minimum atomic E-state index is -1.61. The van der Waals surface area contributed by atoms with Crippen LogP contribution in [0.25, 0.3) is 0 Å². The van der Waals surface area contributed by atoms with E-state index >= 15 is 0 Å². The lowest BCUT2D eigenvalue weighted by Gasteiger charge is -2.22. The zero-order chi connectivity index (χ0) is 15.5. The number of nitrogens with one attached hydrogen (secondary N) is 1. The smallest absolute Gasteiger partial charge is 0.444 e. The lowest BCUT2D eigenvalue weighted by atomic mass is 9.79. The minimum absolute atomic E-state index is 0.269. The van der Waals surface area contributed by atoms with Crippen molar-refractivity contribution < 1.29 is 19.6 Å². The van der Waals surface area contributed by atoms with Gasteiger partial charge in [-0.25, -0.2) is 4.79 Å². The highest BCUT2D eigenvalue weighted by Crippen LogP contribution is 2.17. The highest BCUT2D eigenvalue weighted by atomic mass is 35.5. The minimum Gasteiger partial charge on any atom is -0.444 e. The molecule has 20 heavy (non-hydrogen) atoms. The zero-order valence-electron chi connectivity index (χ0n) is 12.0. The fraction of sp³-hybridized carbons (Fsp3) is 0.462. The number of hydrogen-bond donors (Lipinski definition) is 3. The van der Waals surface area contributed by atoms with E-state index in [9.17, 15) is 14.8 Å². The lowest BCUT2D eigenvalue weighted by Crippen LogP contribution is -2.35. The van der Waals surface area contributed by atoms with Crippen molar-refractivity contribution in [1.29, 1.82) is 0 Å². The summed E-state index contributed by atoms with van der Waals surface area (Å²) in [5.41, 5.74) is 0.349. The number of halogens is 1. The van der Waals surface area contributed by atoms with Crippen molar-refractivity contribution in [2.24, 2.45) is 0 Å². The Labute approximate surface area is 124 Å². The summed E-state index contributed by atoms with van der Waals surface area (Å²) < 4.78 is 5.16. The Morgan fingerprint density at radius 2 is 1.95 bits per heavy atom. The van der Waals surface area contributed by atoms with Crippen molar-refractivity contribution in [2.45, 2.75) is 39.3 Å². The van der Waals surface area contributed by atoms with E-state index in [1.165, 1.54) is 6.07 Å². The number of alkyl carbamates (subject to hydrolysis) is 1. The summed E-state index contributed by atoms with van der Waals surface area (Å²) in [5.74, 6) is 0. The maximum absolute atomic E-state index is 11.7. The third-order valence-corrected chi connectivity index (χ3v) is 2.69. The van der Waals surface area contributed by atoms with Gasteiger partial charge in [-0.05, 0) is 50.9 Å². The summed E-state index contributed by atoms with van der Waals surface area (Å²) in [4.78, 5) is 11.7. The topological polar surface area (TPSA) is 78.8 Å². The molecule has 0 aliphatic heterocycles. The highest BCUT2D eigenvalue weighted by molar-refractivity contribution is 6.59. The van der Waals surface area contributed by atoms with Crippen LogP contribution in [-0.4, -0.2) is 28.9 Å². The predicted molar refractivity (Wildman–Crippen MR) is 79.1 cm³/mol. The molecule has 7 heteroatoms. The summed E-state index contributed by atoms with van der Waals surface area (Å²) in [6.45, 7) is 7.08. The molecule has 0 radical (unpaired) electrons. The zero-order valence-corrected chi connectivity index (χ0v) is 12.7. The Morgan fingerprint density at radius 1 is 1.35 bits per heavy atom. The van der Waals surface area contributed by atoms with Crippen LogP contribution in [0, 0.1) is 0 Å². The second-order valence-electron chi connectivity index (χ2n) is 5.56. The first-order valence-corrected chi connectivity index (χ1v) is 6.62. The average molecular weight is 300 g/mol. The van der Waals surface area contributed by atoms with Crippen LogP contribution < -0.4 is 10.8 Å². The molecule has 1 aromatic carbocycles. The first-order chi connectivity index (χ1) is 9.08. The Balaban J connectivity index is 2.82. The third-order valence-electron chi connectivity index (χ3n) is 2.47. The first-order valence-electron chi connectivity index (χ1n) is 6.24. The van der Waals surface area contributed by atoms with Crippen LogP contribution in [-0.2, 0) is 4.74 Å². The van der Waals surface area contributed by atoms with E-state index in [2.05, 4.69) is 5.32 Å². The molecule has 0 heterocycles. The summed E-state index contributed by atoms with van der Waals surface area (Å²) in [7, 11) is -1.61. The van der Waals surface area contributed by atoms with Crippen LogP contribution in [0.2, 0.25) is 5.02 Å². The van der Waals surface area contributed by atoms with Gasteiger partial charge in [-0.2, -0.15) is 0 Å². The molecule has 0 spiro atoms. The average Bonchev–Trinajstić information content (AvgIpc) is 2.25. The van der Waals surface area contributed by atoms with E-state index in [-0.39, 0.29) is 11.5 Å². The van der Waals surface area contributed by atoms with Crippen LogP contribution in [0.3, 0.4) is 0 Å². The van der Waals surface area contributed by atoms with E-state index in [0.29, 0.717) is 10.6 Å². The van der Waals surface area contributed by atoms with Gasteiger partial charge < -0.3 is 20.1 Å². The molecular weight excluding hydrogens is 280 g/mol. The molecule has 110 valence electrons. The molecule has 0 saturated carbocycles. The van der Waals surface area contributed by atoms with Crippen molar-refractivity contribution in [3.05, 3.63) is 28.8 Å². The molecule has 0 aromatic heterocycles. The van der Waals surface area contributed by atoms with E-state index in [4.69, 9.17) is 16.3 Å². The van der Waals surface area contributed by atoms with Crippen LogP contribution in [0.15, 0.2) is 18.2 Å². The Bertz CT molecular complexity index is 488. The molecule has 0 aliphatic carbocycles. The number of rotatable bonds is 3. The van der Waals surface area contributed by atoms with Crippen molar-refractivity contribution in [1.82, 2.24) is 5.32 Å². The Morgan fingerprint density at radius 3 is 2.45 bits per heavy atom. The molecule has 1 amide bonds. The van der Waals surface area contributed by atoms with Gasteiger partial charge in [0.25, 0.3) is 0 Å². The molecule has 1 rings (SSSR count). The fourth-order valence-electron chi connectivity index (χ4n) is 1.60. The van der Waals surface area contributed by atoms with Gasteiger partial charge in [-0.1, -0.05) is 17.7 Å². The van der Waals surface area contributed by atoms with Gasteiger partial charge in [0, 0.05) is 5.02 Å². The number of amides is 1. The number of carbonyl (C=O) groups excluding carboxylic acids is 1. The molecule has 1 aromatic rings. The molecule has 3 N–H and O–H groups in total. The first kappa shape index (κ1) is 16.8. The summed E-state index contributed by atoms with van der Waals surface area (Å²) in [6.07, 6.45) is -0.545. The number of ether oxygens (including phenoxy) is 1. The lowest BCUT2D eigenvalue weighted by molar-refractivity contribution is 0.0508. The second-order valence-corrected chi connectivity index (χ2v) is 6.00. The van der Waals surface area contributed by atoms with Gasteiger partial charge in [0.2, 0.25) is 0 Å². The number of carbonyl (C=O) groups is 1. The maximum Gasteiger partial charge on any atom is 0.488 e. The van der Waals surface area contributed by atoms with Gasteiger partial charge in [0.05, 0.1) is 6.04 Å². The van der Waals surface area contributed by atoms with Crippen LogP contribution in [0.5, 0.6) is 0 Å². The summed E-state index contributed by atoms with van der Waals surface area (Å²) >= 11 is 5.91. The van der Waals surface area contributed by atoms with Gasteiger partial charge in [0.1, 0.15) is 5.60 Å². The summed E-state index contributed by atoms with van der Waals surface area (Å²) in [5, 5.41) is 21.4. The number of hydrogen-bond acceptors (Lipinski definition) is 4. The molecular formula is C13H19BClNO4. The normalized spacial score (nSPS) is 12.8. The third kappa shape index (κ3) is 5.40. The highest BCUT2D eigenvalue weighted by Gasteiger charge is 2.20. The van der Waals surface area contributed by atoms with Crippen LogP contribution >= 0.6 is 11.6 Å². The molecule has 0 fully saturated rings. The Hall–Kier alpha value is -1.24. The van der Waals surface area contributed by atoms with Crippen molar-refractivity contribution in [3.8, 4) is 0 Å². The van der Waals surface area contributed by atoms with Gasteiger partial charge in [-0.15, -0.1) is 0 Å². The van der Waals surface area contributed by atoms with Crippen molar-refractivity contribution in [2.75, 3.05) is 0 Å². The quantitative estimate of drug-likeness (QED) is 0.741. The fourth-order valence-corrected chi connectivity index (χ4v) is 1.85. The van der Waals surface area contributed by atoms with Crippen LogP contribution in [0.1, 0.15) is 39.3 Å². The van der Waals surface area contributed by atoms with Gasteiger partial charge in [-0.3, -0.25) is 0 Å². The predicted octanol–water partition coefficient (Wildman–Crippen LogP) is 1.61. The standard InChI is InChI=1S/C13H19BClNO4/c1-8(16-12(17)20-13(2,3)4)9-5-10(14(18)19)7-11(15)6-9/h5-8,18-19H,1-4H3,(H,16,17)/t8-/m0/s1. The van der Waals surface area contributed by atoms with E-state index in [0.717, 1.165) is 0 Å².